The van der Waals surface area contributed by atoms with Gasteiger partial charge in [-0.2, -0.15) is 0 Å². The zero-order valence-corrected chi connectivity index (χ0v) is 13.4. The summed E-state index contributed by atoms with van der Waals surface area (Å²) in [6.07, 6.45) is 0. The van der Waals surface area contributed by atoms with Crippen molar-refractivity contribution in [2.75, 3.05) is 20.1 Å². The second-order valence-corrected chi connectivity index (χ2v) is 6.09. The molecule has 2 nitrogen and oxygen atoms in total. The van der Waals surface area contributed by atoms with Crippen molar-refractivity contribution in [2.24, 2.45) is 5.73 Å². The summed E-state index contributed by atoms with van der Waals surface area (Å²) in [5.41, 5.74) is 8.56. The summed E-state index contributed by atoms with van der Waals surface area (Å²) in [5, 5.41) is 0. The molecule has 20 heavy (non-hydrogen) atoms. The van der Waals surface area contributed by atoms with Gasteiger partial charge in [0.25, 0.3) is 0 Å². The van der Waals surface area contributed by atoms with Gasteiger partial charge in [0.05, 0.1) is 0 Å². The molecular weight excluding hydrogens is 312 g/mol. The number of rotatable bonds is 6. The zero-order chi connectivity index (χ0) is 14.4. The van der Waals surface area contributed by atoms with E-state index >= 15 is 0 Å². The van der Waals surface area contributed by atoms with Crippen LogP contribution in [0.1, 0.15) is 17.0 Å². The quantitative estimate of drug-likeness (QED) is 0.875. The number of nitrogens with two attached hydrogens (primary N) is 1. The molecule has 0 saturated heterocycles. The van der Waals surface area contributed by atoms with Crippen LogP contribution in [0.4, 0.5) is 0 Å². The molecule has 0 aromatic heterocycles. The molecule has 0 radical (unpaired) electrons. The number of hydrogen-bond donors (Lipinski definition) is 1. The van der Waals surface area contributed by atoms with Crippen molar-refractivity contribution < 1.29 is 0 Å². The number of nitrogens with zero attached hydrogens (tertiary/aromatic N) is 1. The molecule has 0 aliphatic carbocycles. The van der Waals surface area contributed by atoms with E-state index < -0.39 is 0 Å². The Morgan fingerprint density at radius 2 is 1.85 bits per heavy atom. The maximum atomic E-state index is 5.94. The van der Waals surface area contributed by atoms with Crippen molar-refractivity contribution in [1.82, 2.24) is 4.90 Å². The lowest BCUT2D eigenvalue weighted by Gasteiger charge is -2.23. The van der Waals surface area contributed by atoms with Crippen LogP contribution >= 0.6 is 15.9 Å². The van der Waals surface area contributed by atoms with E-state index in [2.05, 4.69) is 76.4 Å². The topological polar surface area (TPSA) is 29.3 Å². The van der Waals surface area contributed by atoms with Crippen LogP contribution < -0.4 is 5.73 Å². The monoisotopic (exact) mass is 332 g/mol. The van der Waals surface area contributed by atoms with Gasteiger partial charge in [0.15, 0.2) is 0 Å². The molecule has 2 N–H and O–H groups in total. The number of benzene rings is 2. The van der Waals surface area contributed by atoms with Crippen molar-refractivity contribution in [3.63, 3.8) is 0 Å². The molecule has 2 rings (SSSR count). The van der Waals surface area contributed by atoms with Gasteiger partial charge in [-0.25, -0.2) is 0 Å². The van der Waals surface area contributed by atoms with Crippen LogP contribution in [-0.4, -0.2) is 25.0 Å². The van der Waals surface area contributed by atoms with Gasteiger partial charge < -0.3 is 10.6 Å². The molecule has 0 aliphatic heterocycles. The minimum atomic E-state index is 0.383. The van der Waals surface area contributed by atoms with Gasteiger partial charge in [-0.15, -0.1) is 0 Å². The standard InChI is InChI=1S/C17H21BrN2/c1-20(12-14-6-5-9-17(18)10-14)13-16(11-19)15-7-3-2-4-8-15/h2-10,16H,11-13,19H2,1H3. The Bertz CT molecular complexity index is 528. The minimum Gasteiger partial charge on any atom is -0.330 e. The zero-order valence-electron chi connectivity index (χ0n) is 11.8. The van der Waals surface area contributed by atoms with E-state index in [1.54, 1.807) is 0 Å². The predicted molar refractivity (Wildman–Crippen MR) is 88.7 cm³/mol. The van der Waals surface area contributed by atoms with E-state index in [0.29, 0.717) is 12.5 Å². The highest BCUT2D eigenvalue weighted by Crippen LogP contribution is 2.17. The van der Waals surface area contributed by atoms with Gasteiger partial charge in [-0.1, -0.05) is 58.4 Å². The Labute approximate surface area is 129 Å². The predicted octanol–water partition coefficient (Wildman–Crippen LogP) is 3.62. The van der Waals surface area contributed by atoms with Crippen LogP contribution in [-0.2, 0) is 6.54 Å². The lowest BCUT2D eigenvalue weighted by molar-refractivity contribution is 0.305. The molecule has 0 bridgehead atoms. The maximum absolute atomic E-state index is 5.94. The Morgan fingerprint density at radius 1 is 1.10 bits per heavy atom. The smallest absolute Gasteiger partial charge is 0.0231 e. The normalized spacial score (nSPS) is 12.6. The first kappa shape index (κ1) is 15.2. The largest absolute Gasteiger partial charge is 0.330 e. The van der Waals surface area contributed by atoms with Crippen LogP contribution in [0.25, 0.3) is 0 Å². The van der Waals surface area contributed by atoms with Crippen molar-refractivity contribution in [1.29, 1.82) is 0 Å². The van der Waals surface area contributed by atoms with Crippen LogP contribution in [0.15, 0.2) is 59.1 Å². The van der Waals surface area contributed by atoms with Crippen molar-refractivity contribution in [2.45, 2.75) is 12.5 Å². The highest BCUT2D eigenvalue weighted by molar-refractivity contribution is 9.10. The second-order valence-electron chi connectivity index (χ2n) is 5.17. The summed E-state index contributed by atoms with van der Waals surface area (Å²) in [7, 11) is 2.15. The first-order chi connectivity index (χ1) is 9.69. The van der Waals surface area contributed by atoms with E-state index in [-0.39, 0.29) is 0 Å². The van der Waals surface area contributed by atoms with Crippen molar-refractivity contribution in [3.05, 3.63) is 70.2 Å². The lowest BCUT2D eigenvalue weighted by Crippen LogP contribution is -2.28. The van der Waals surface area contributed by atoms with Gasteiger partial charge in [-0.05, 0) is 30.3 Å². The number of halogens is 1. The highest BCUT2D eigenvalue weighted by Gasteiger charge is 2.12. The molecule has 0 amide bonds. The molecule has 2 aromatic carbocycles. The Kier molecular flexibility index (Phi) is 5.77. The Morgan fingerprint density at radius 3 is 2.50 bits per heavy atom. The lowest BCUT2D eigenvalue weighted by atomic mass is 9.98. The third kappa shape index (κ3) is 4.44. The van der Waals surface area contributed by atoms with Gasteiger partial charge >= 0.3 is 0 Å². The van der Waals surface area contributed by atoms with Gasteiger partial charge in [0.1, 0.15) is 0 Å². The molecule has 0 saturated carbocycles. The van der Waals surface area contributed by atoms with Crippen LogP contribution in [0.5, 0.6) is 0 Å². The van der Waals surface area contributed by atoms with Crippen LogP contribution in [0, 0.1) is 0 Å². The molecule has 0 fully saturated rings. The summed E-state index contributed by atoms with van der Waals surface area (Å²) >= 11 is 3.51. The molecule has 1 atom stereocenters. The second kappa shape index (κ2) is 7.58. The minimum absolute atomic E-state index is 0.383. The van der Waals surface area contributed by atoms with Crippen LogP contribution in [0.3, 0.4) is 0 Å². The average molecular weight is 333 g/mol. The SMILES string of the molecule is CN(Cc1cccc(Br)c1)CC(CN)c1ccccc1. The van der Waals surface area contributed by atoms with Crippen LogP contribution in [0.2, 0.25) is 0 Å². The fourth-order valence-corrected chi connectivity index (χ4v) is 2.88. The summed E-state index contributed by atoms with van der Waals surface area (Å²) in [5.74, 6) is 0.383. The molecule has 1 unspecified atom stereocenters. The van der Waals surface area contributed by atoms with Crippen molar-refractivity contribution in [3.8, 4) is 0 Å². The first-order valence-electron chi connectivity index (χ1n) is 6.87. The summed E-state index contributed by atoms with van der Waals surface area (Å²) in [6.45, 7) is 2.57. The molecule has 0 spiro atoms. The van der Waals surface area contributed by atoms with Gasteiger partial charge in [0, 0.05) is 30.0 Å². The molecule has 0 heterocycles. The van der Waals surface area contributed by atoms with E-state index in [1.807, 2.05) is 6.07 Å². The van der Waals surface area contributed by atoms with E-state index in [9.17, 15) is 0 Å². The van der Waals surface area contributed by atoms with E-state index in [4.69, 9.17) is 5.73 Å². The average Bonchev–Trinajstić information content (AvgIpc) is 2.45. The molecular formula is C17H21BrN2. The third-order valence-electron chi connectivity index (χ3n) is 3.43. The molecule has 0 aliphatic rings. The van der Waals surface area contributed by atoms with Gasteiger partial charge in [-0.3, -0.25) is 0 Å². The van der Waals surface area contributed by atoms with Crippen molar-refractivity contribution >= 4 is 15.9 Å². The number of hydrogen-bond acceptors (Lipinski definition) is 2. The highest BCUT2D eigenvalue weighted by atomic mass is 79.9. The molecule has 3 heteroatoms. The van der Waals surface area contributed by atoms with Gasteiger partial charge in [0.2, 0.25) is 0 Å². The maximum Gasteiger partial charge on any atom is 0.0231 e. The Hall–Kier alpha value is -1.16. The number of likely N-dealkylation sites (N-methyl/N-ethyl adjacent to an activating group) is 1. The first-order valence-corrected chi connectivity index (χ1v) is 7.66. The summed E-state index contributed by atoms with van der Waals surface area (Å²) in [6, 6.07) is 19.0. The third-order valence-corrected chi connectivity index (χ3v) is 3.92. The summed E-state index contributed by atoms with van der Waals surface area (Å²) < 4.78 is 1.13. The molecule has 106 valence electrons. The Balaban J connectivity index is 1.97. The van der Waals surface area contributed by atoms with E-state index in [0.717, 1.165) is 17.6 Å². The molecule has 2 aromatic rings. The fraction of sp³-hybridized carbons (Fsp3) is 0.294. The van der Waals surface area contributed by atoms with E-state index in [1.165, 1.54) is 11.1 Å². The summed E-state index contributed by atoms with van der Waals surface area (Å²) in [4.78, 5) is 2.33. The fourth-order valence-electron chi connectivity index (χ4n) is 2.43.